The number of methoxy groups -OCH3 is 3. The van der Waals surface area contributed by atoms with Crippen molar-refractivity contribution in [3.8, 4) is 5.75 Å². The van der Waals surface area contributed by atoms with Gasteiger partial charge in [0.25, 0.3) is 0 Å². The van der Waals surface area contributed by atoms with Crippen molar-refractivity contribution in [2.45, 2.75) is 191 Å². The van der Waals surface area contributed by atoms with E-state index in [2.05, 4.69) is 16.7 Å². The van der Waals surface area contributed by atoms with E-state index in [0.717, 1.165) is 25.1 Å². The van der Waals surface area contributed by atoms with Gasteiger partial charge in [-0.15, -0.1) is 11.8 Å². The van der Waals surface area contributed by atoms with E-state index in [1.54, 1.807) is 42.1 Å². The molecule has 5 fully saturated rings. The lowest BCUT2D eigenvalue weighted by molar-refractivity contribution is -0.315. The van der Waals surface area contributed by atoms with Gasteiger partial charge in [-0.2, -0.15) is 0 Å². The van der Waals surface area contributed by atoms with Crippen LogP contribution in [0.15, 0.2) is 24.3 Å². The second kappa shape index (κ2) is 24.4. The maximum atomic E-state index is 15.3. The minimum absolute atomic E-state index is 0.0590. The Hall–Kier alpha value is -2.91. The Morgan fingerprint density at radius 3 is 2.07 bits per heavy atom. The van der Waals surface area contributed by atoms with Gasteiger partial charge in [-0.05, 0) is 92.6 Å². The summed E-state index contributed by atoms with van der Waals surface area (Å²) in [6, 6.07) is 7.47. The predicted octanol–water partition coefficient (Wildman–Crippen LogP) is 6.48. The fraction of sp³-hybridized carbons (Fsp3) is 0.815. The second-order valence-electron chi connectivity index (χ2n) is 21.9. The van der Waals surface area contributed by atoms with Crippen molar-refractivity contribution in [2.24, 2.45) is 29.6 Å². The van der Waals surface area contributed by atoms with Crippen LogP contribution in [0, 0.1) is 29.6 Å². The number of benzene rings is 1. The third kappa shape index (κ3) is 12.5. The summed E-state index contributed by atoms with van der Waals surface area (Å²) < 4.78 is 70.7. The largest absolute Gasteiger partial charge is 0.497 e. The maximum absolute atomic E-state index is 15.3. The number of ether oxygens (including phenoxy) is 11. The van der Waals surface area contributed by atoms with Crippen LogP contribution in [0.2, 0.25) is 0 Å². The molecule has 5 aliphatic rings. The lowest BCUT2D eigenvalue weighted by atomic mass is 9.70. The zero-order valence-electron chi connectivity index (χ0n) is 45.8. The van der Waals surface area contributed by atoms with Crippen molar-refractivity contribution in [2.75, 3.05) is 61.7 Å². The van der Waals surface area contributed by atoms with E-state index >= 15 is 9.59 Å². The van der Waals surface area contributed by atoms with Gasteiger partial charge < -0.3 is 57.0 Å². The summed E-state index contributed by atoms with van der Waals surface area (Å²) in [5.74, 6) is -4.09. The molecule has 2 unspecified atom stereocenters. The van der Waals surface area contributed by atoms with Crippen molar-refractivity contribution in [1.29, 1.82) is 0 Å². The molecule has 0 saturated carbocycles. The highest BCUT2D eigenvalue weighted by Gasteiger charge is 2.62. The molecule has 5 heterocycles. The van der Waals surface area contributed by atoms with E-state index in [9.17, 15) is 9.59 Å². The summed E-state index contributed by atoms with van der Waals surface area (Å²) in [7, 11) is 8.84. The molecule has 408 valence electrons. The number of fused-ring (bicyclic) bond motifs is 1. The van der Waals surface area contributed by atoms with Crippen LogP contribution < -0.4 is 4.74 Å². The number of Topliss-reactive ketones (excluding diaryl/α,β-unsaturated/α-hetero) is 1. The SMILES string of the molecule is CC[C@H]1OC(=O)[C@H](C)[C@@H](O[C@H]2C[C@@](C)(OC)[C@@H](OC(C)=O)[C@H](C)O2)[C@H](C)[C@@H](O[C@@H]2O[C@H](C)C[C@@H](N3CCOCC3)C2N(C)C)[C@](C)(OC)C[C@@H](C)C(=O)[C@H](C)[C@H]2C(SCc3ccc(OC)cc3)C(=O)O[C@@]21C. The number of carbonyl (C=O) groups is 4. The Morgan fingerprint density at radius 2 is 1.49 bits per heavy atom. The first-order chi connectivity index (χ1) is 33.9. The second-order valence-corrected chi connectivity index (χ2v) is 23.0. The number of carbonyl (C=O) groups excluding carboxylic acids is 4. The number of rotatable bonds is 14. The number of thioether (sulfide) groups is 1. The van der Waals surface area contributed by atoms with Gasteiger partial charge >= 0.3 is 17.9 Å². The molecule has 0 spiro atoms. The van der Waals surface area contributed by atoms with Crippen molar-refractivity contribution in [3.63, 3.8) is 0 Å². The van der Waals surface area contributed by atoms with Crippen LogP contribution in [-0.4, -0.2) is 179 Å². The van der Waals surface area contributed by atoms with E-state index in [4.69, 9.17) is 52.1 Å². The number of esters is 3. The van der Waals surface area contributed by atoms with Gasteiger partial charge in [-0.3, -0.25) is 24.1 Å². The number of likely N-dealkylation sites (N-methyl/N-ethyl adjacent to an activating group) is 1. The van der Waals surface area contributed by atoms with Gasteiger partial charge in [0.1, 0.15) is 28.5 Å². The highest BCUT2D eigenvalue weighted by Crippen LogP contribution is 2.50. The Bertz CT molecular complexity index is 1990. The molecule has 0 N–H and O–H groups in total. The van der Waals surface area contributed by atoms with Crippen LogP contribution in [0.4, 0.5) is 0 Å². The third-order valence-corrected chi connectivity index (χ3v) is 17.9. The number of hydrogen-bond donors (Lipinski definition) is 0. The van der Waals surface area contributed by atoms with Crippen LogP contribution >= 0.6 is 11.8 Å². The van der Waals surface area contributed by atoms with E-state index in [1.807, 2.05) is 79.9 Å². The number of nitrogens with zero attached hydrogens (tertiary/aromatic N) is 2. The van der Waals surface area contributed by atoms with Gasteiger partial charge in [0.05, 0.1) is 62.3 Å². The van der Waals surface area contributed by atoms with E-state index in [1.165, 1.54) is 18.7 Å². The molecule has 72 heavy (non-hydrogen) atoms. The number of morpholine rings is 1. The zero-order valence-corrected chi connectivity index (χ0v) is 46.7. The van der Waals surface area contributed by atoms with E-state index < -0.39 is 113 Å². The molecule has 17 nitrogen and oxygen atoms in total. The minimum atomic E-state index is -1.38. The van der Waals surface area contributed by atoms with Crippen molar-refractivity contribution in [1.82, 2.24) is 9.80 Å². The van der Waals surface area contributed by atoms with E-state index in [-0.39, 0.29) is 36.8 Å². The molecule has 5 saturated heterocycles. The van der Waals surface area contributed by atoms with Crippen molar-refractivity contribution >= 4 is 35.5 Å². The summed E-state index contributed by atoms with van der Waals surface area (Å²) >= 11 is 1.42. The predicted molar refractivity (Wildman–Crippen MR) is 270 cm³/mol. The van der Waals surface area contributed by atoms with Gasteiger partial charge in [0.2, 0.25) is 0 Å². The number of ketones is 1. The lowest BCUT2D eigenvalue weighted by Gasteiger charge is -2.52. The Morgan fingerprint density at radius 1 is 0.847 bits per heavy atom. The van der Waals surface area contributed by atoms with Gasteiger partial charge in [-0.25, -0.2) is 0 Å². The van der Waals surface area contributed by atoms with Gasteiger partial charge in [-0.1, -0.05) is 39.8 Å². The smallest absolute Gasteiger partial charge is 0.320 e. The summed E-state index contributed by atoms with van der Waals surface area (Å²) in [6.07, 6.45) is -4.71. The lowest BCUT2D eigenvalue weighted by Crippen LogP contribution is -2.65. The molecule has 18 heteroatoms. The Kier molecular flexibility index (Phi) is 19.8. The molecule has 1 aromatic carbocycles. The molecule has 5 aliphatic heterocycles. The van der Waals surface area contributed by atoms with Crippen LogP contribution in [0.1, 0.15) is 107 Å². The maximum Gasteiger partial charge on any atom is 0.320 e. The molecule has 0 amide bonds. The monoisotopic (exact) mass is 1030 g/mol. The molecule has 19 atom stereocenters. The van der Waals surface area contributed by atoms with E-state index in [0.29, 0.717) is 31.1 Å². The first kappa shape index (κ1) is 58.4. The van der Waals surface area contributed by atoms with Gasteiger partial charge in [0, 0.05) is 76.1 Å². The third-order valence-electron chi connectivity index (χ3n) is 16.6. The first-order valence-electron chi connectivity index (χ1n) is 26.0. The number of hydrogen-bond acceptors (Lipinski definition) is 18. The van der Waals surface area contributed by atoms with Crippen molar-refractivity contribution in [3.05, 3.63) is 29.8 Å². The molecule has 0 radical (unpaired) electrons. The van der Waals surface area contributed by atoms with Crippen molar-refractivity contribution < 1.29 is 71.3 Å². The Labute approximate surface area is 432 Å². The van der Waals surface area contributed by atoms with Gasteiger partial charge in [0.15, 0.2) is 24.3 Å². The topological polar surface area (TPSA) is 176 Å². The molecule has 6 rings (SSSR count). The summed E-state index contributed by atoms with van der Waals surface area (Å²) in [5.41, 5.74) is -2.65. The fourth-order valence-electron chi connectivity index (χ4n) is 12.5. The number of cyclic esters (lactones) is 1. The molecular weight excluding hydrogens is 949 g/mol. The van der Waals surface area contributed by atoms with Crippen LogP contribution in [0.5, 0.6) is 5.75 Å². The van der Waals surface area contributed by atoms with Crippen LogP contribution in [0.25, 0.3) is 0 Å². The molecule has 1 aromatic rings. The highest BCUT2D eigenvalue weighted by molar-refractivity contribution is 7.99. The molecule has 0 bridgehead atoms. The normalized spacial score (nSPS) is 41.8. The molecule has 0 aromatic heterocycles. The quantitative estimate of drug-likeness (QED) is 0.146. The highest BCUT2D eigenvalue weighted by atomic mass is 32.2. The zero-order chi connectivity index (χ0) is 53.0. The standard InChI is InChI=1S/C54H86N2O15S/c1-17-40-54(11)42(46(50(60)71-54)72-29-37-18-20-38(61-14)21-19-37)32(4)44(58)30(2)27-52(9,62-15)47(70-51-43(55(12)13)39(26-31(3)65-51)56-22-24-64-25-23-56)33(5)45(34(6)49(59)68-40)69-41-28-53(10,63-16)48(35(7)66-41)67-36(8)57/h18-21,30-35,39-43,45-48,51H,17,22-29H2,1-16H3/t30-,31-,32-,33+,34-,35+,39-,40-,41+,42+,43?,45+,46?,47-,48+,51+,52-,53-,54-/m1/s1. The molecule has 0 aliphatic carbocycles. The fourth-order valence-corrected chi connectivity index (χ4v) is 14.0. The first-order valence-corrected chi connectivity index (χ1v) is 27.1. The van der Waals surface area contributed by atoms with Crippen LogP contribution in [-0.2, 0) is 72.3 Å². The minimum Gasteiger partial charge on any atom is -0.497 e. The summed E-state index contributed by atoms with van der Waals surface area (Å²) in [6.45, 7) is 23.0. The summed E-state index contributed by atoms with van der Waals surface area (Å²) in [4.78, 5) is 61.7. The average molecular weight is 1040 g/mol. The Balaban J connectivity index is 1.46. The average Bonchev–Trinajstić information content (AvgIpc) is 3.61. The van der Waals surface area contributed by atoms with Crippen LogP contribution in [0.3, 0.4) is 0 Å². The summed E-state index contributed by atoms with van der Waals surface area (Å²) in [5, 5.41) is -0.758. The molecular formula is C54H86N2O15S.